The molecule has 3 atom stereocenters. The van der Waals surface area contributed by atoms with Crippen LogP contribution in [0, 0.1) is 0 Å². The van der Waals surface area contributed by atoms with Crippen molar-refractivity contribution in [1.82, 2.24) is 0 Å². The van der Waals surface area contributed by atoms with Crippen LogP contribution in [0.1, 0.15) is 20.3 Å². The molecule has 3 unspecified atom stereocenters. The van der Waals surface area contributed by atoms with Gasteiger partial charge in [0.25, 0.3) is 0 Å². The number of aliphatic hydroxyl groups is 1. The second-order valence-electron chi connectivity index (χ2n) is 4.13. The molecule has 2 saturated heterocycles. The second kappa shape index (κ2) is 3.20. The van der Waals surface area contributed by atoms with Crippen LogP contribution in [-0.2, 0) is 14.2 Å². The van der Waals surface area contributed by atoms with Gasteiger partial charge in [0.15, 0.2) is 5.79 Å². The number of hydrogen-bond donors (Lipinski definition) is 1. The van der Waals surface area contributed by atoms with Crippen LogP contribution in [0.4, 0.5) is 0 Å². The van der Waals surface area contributed by atoms with Crippen LogP contribution in [0.3, 0.4) is 0 Å². The molecule has 0 aliphatic carbocycles. The fourth-order valence-electron chi connectivity index (χ4n) is 1.79. The lowest BCUT2D eigenvalue weighted by Crippen LogP contribution is -2.54. The Morgan fingerprint density at radius 1 is 1.23 bits per heavy atom. The van der Waals surface area contributed by atoms with Gasteiger partial charge >= 0.3 is 0 Å². The summed E-state index contributed by atoms with van der Waals surface area (Å²) in [6.45, 7) is 4.72. The van der Waals surface area contributed by atoms with E-state index in [4.69, 9.17) is 14.2 Å². The van der Waals surface area contributed by atoms with Crippen molar-refractivity contribution in [3.63, 3.8) is 0 Å². The lowest BCUT2D eigenvalue weighted by Gasteiger charge is -2.44. The van der Waals surface area contributed by atoms with Crippen molar-refractivity contribution in [2.75, 3.05) is 13.2 Å². The zero-order chi connectivity index (χ0) is 9.47. The summed E-state index contributed by atoms with van der Waals surface area (Å²) in [6, 6.07) is 0. The topological polar surface area (TPSA) is 47.9 Å². The van der Waals surface area contributed by atoms with Crippen molar-refractivity contribution in [1.29, 1.82) is 0 Å². The highest BCUT2D eigenvalue weighted by molar-refractivity contribution is 4.84. The summed E-state index contributed by atoms with van der Waals surface area (Å²) in [4.78, 5) is 0. The molecule has 0 radical (unpaired) electrons. The van der Waals surface area contributed by atoms with E-state index < -0.39 is 11.9 Å². The molecule has 0 aromatic heterocycles. The summed E-state index contributed by atoms with van der Waals surface area (Å²) in [5.41, 5.74) is 0. The minimum atomic E-state index is -0.540. The molecule has 2 aliphatic rings. The zero-order valence-corrected chi connectivity index (χ0v) is 8.03. The SMILES string of the molecule is CC1(C)OCC2OCC(O)CC2O1. The molecule has 0 amide bonds. The highest BCUT2D eigenvalue weighted by atomic mass is 16.7. The van der Waals surface area contributed by atoms with Gasteiger partial charge in [-0.1, -0.05) is 0 Å². The highest BCUT2D eigenvalue weighted by Gasteiger charge is 2.40. The van der Waals surface area contributed by atoms with Crippen molar-refractivity contribution < 1.29 is 19.3 Å². The van der Waals surface area contributed by atoms with E-state index in [0.29, 0.717) is 19.6 Å². The van der Waals surface area contributed by atoms with Crippen molar-refractivity contribution in [2.45, 2.75) is 44.4 Å². The predicted octanol–water partition coefficient (Wildman–Crippen LogP) is 0.288. The fourth-order valence-corrected chi connectivity index (χ4v) is 1.79. The first-order valence-corrected chi connectivity index (χ1v) is 4.68. The first-order valence-electron chi connectivity index (χ1n) is 4.68. The Bertz CT molecular complexity index is 192. The molecule has 4 nitrogen and oxygen atoms in total. The first kappa shape index (κ1) is 9.40. The minimum absolute atomic E-state index is 0.00331. The molecule has 13 heavy (non-hydrogen) atoms. The van der Waals surface area contributed by atoms with E-state index in [1.807, 2.05) is 13.8 Å². The monoisotopic (exact) mass is 188 g/mol. The van der Waals surface area contributed by atoms with Crippen molar-refractivity contribution in [2.24, 2.45) is 0 Å². The molecule has 1 N–H and O–H groups in total. The summed E-state index contributed by atoms with van der Waals surface area (Å²) in [7, 11) is 0. The van der Waals surface area contributed by atoms with Gasteiger partial charge in [-0.05, 0) is 13.8 Å². The molecule has 0 bridgehead atoms. The van der Waals surface area contributed by atoms with Gasteiger partial charge in [0.2, 0.25) is 0 Å². The van der Waals surface area contributed by atoms with Gasteiger partial charge in [0.05, 0.1) is 25.4 Å². The third-order valence-corrected chi connectivity index (χ3v) is 2.45. The van der Waals surface area contributed by atoms with Crippen LogP contribution < -0.4 is 0 Å². The average molecular weight is 188 g/mol. The predicted molar refractivity (Wildman–Crippen MR) is 45.3 cm³/mol. The summed E-state index contributed by atoms with van der Waals surface area (Å²) >= 11 is 0. The van der Waals surface area contributed by atoms with Gasteiger partial charge in [0.1, 0.15) is 6.10 Å². The molecular weight excluding hydrogens is 172 g/mol. The molecule has 0 aromatic rings. The minimum Gasteiger partial charge on any atom is -0.391 e. The largest absolute Gasteiger partial charge is 0.391 e. The van der Waals surface area contributed by atoms with Crippen LogP contribution in [-0.4, -0.2) is 42.4 Å². The van der Waals surface area contributed by atoms with E-state index in [1.165, 1.54) is 0 Å². The maximum atomic E-state index is 9.37. The van der Waals surface area contributed by atoms with Gasteiger partial charge in [0, 0.05) is 6.42 Å². The summed E-state index contributed by atoms with van der Waals surface area (Å²) < 4.78 is 16.5. The Hall–Kier alpha value is -0.160. The third-order valence-electron chi connectivity index (χ3n) is 2.45. The van der Waals surface area contributed by atoms with Gasteiger partial charge in [-0.25, -0.2) is 0 Å². The lowest BCUT2D eigenvalue weighted by molar-refractivity contribution is -0.326. The van der Waals surface area contributed by atoms with Crippen molar-refractivity contribution >= 4 is 0 Å². The third kappa shape index (κ3) is 2.02. The quantitative estimate of drug-likeness (QED) is 0.593. The Morgan fingerprint density at radius 2 is 2.00 bits per heavy atom. The molecule has 2 rings (SSSR count). The number of rotatable bonds is 0. The lowest BCUT2D eigenvalue weighted by atomic mass is 10.0. The molecule has 2 heterocycles. The van der Waals surface area contributed by atoms with E-state index in [2.05, 4.69) is 0 Å². The van der Waals surface area contributed by atoms with E-state index in [0.717, 1.165) is 0 Å². The maximum Gasteiger partial charge on any atom is 0.163 e. The Labute approximate surface area is 77.8 Å². The van der Waals surface area contributed by atoms with Gasteiger partial charge in [-0.3, -0.25) is 0 Å². The summed E-state index contributed by atoms with van der Waals surface area (Å²) in [5.74, 6) is -0.540. The van der Waals surface area contributed by atoms with Crippen LogP contribution in [0.15, 0.2) is 0 Å². The van der Waals surface area contributed by atoms with Crippen LogP contribution in [0.25, 0.3) is 0 Å². The molecule has 76 valence electrons. The number of aliphatic hydroxyl groups excluding tert-OH is 1. The van der Waals surface area contributed by atoms with Gasteiger partial charge < -0.3 is 19.3 Å². The normalized spacial score (nSPS) is 44.1. The Balaban J connectivity index is 2.00. The van der Waals surface area contributed by atoms with Crippen LogP contribution in [0.5, 0.6) is 0 Å². The van der Waals surface area contributed by atoms with Crippen LogP contribution >= 0.6 is 0 Å². The van der Waals surface area contributed by atoms with Gasteiger partial charge in [-0.2, -0.15) is 0 Å². The molecular formula is C9H16O4. The molecule has 0 spiro atoms. The summed E-state index contributed by atoms with van der Waals surface area (Å²) in [6.07, 6.45) is 0.233. The zero-order valence-electron chi connectivity index (χ0n) is 8.03. The van der Waals surface area contributed by atoms with E-state index in [1.54, 1.807) is 0 Å². The van der Waals surface area contributed by atoms with Gasteiger partial charge in [-0.15, -0.1) is 0 Å². The van der Waals surface area contributed by atoms with Crippen LogP contribution in [0.2, 0.25) is 0 Å². The van der Waals surface area contributed by atoms with Crippen molar-refractivity contribution in [3.05, 3.63) is 0 Å². The maximum absolute atomic E-state index is 9.37. The molecule has 2 aliphatic heterocycles. The van der Waals surface area contributed by atoms with E-state index in [-0.39, 0.29) is 12.2 Å². The Morgan fingerprint density at radius 3 is 2.77 bits per heavy atom. The standard InChI is InChI=1S/C9H16O4/c1-9(2)12-5-8-7(13-9)3-6(10)4-11-8/h6-8,10H,3-5H2,1-2H3. The number of hydrogen-bond acceptors (Lipinski definition) is 4. The summed E-state index contributed by atoms with van der Waals surface area (Å²) in [5, 5.41) is 9.37. The highest BCUT2D eigenvalue weighted by Crippen LogP contribution is 2.29. The Kier molecular flexibility index (Phi) is 2.32. The second-order valence-corrected chi connectivity index (χ2v) is 4.13. The molecule has 2 fully saturated rings. The average Bonchev–Trinajstić information content (AvgIpc) is 2.01. The molecule has 0 aromatic carbocycles. The van der Waals surface area contributed by atoms with Crippen molar-refractivity contribution in [3.8, 4) is 0 Å². The fraction of sp³-hybridized carbons (Fsp3) is 1.00. The van der Waals surface area contributed by atoms with E-state index >= 15 is 0 Å². The number of ether oxygens (including phenoxy) is 3. The smallest absolute Gasteiger partial charge is 0.163 e. The first-order chi connectivity index (χ1) is 6.07. The number of fused-ring (bicyclic) bond motifs is 1. The molecule has 0 saturated carbocycles. The van der Waals surface area contributed by atoms with E-state index in [9.17, 15) is 5.11 Å². The molecule has 4 heteroatoms.